The quantitative estimate of drug-likeness (QED) is 0.319. The lowest BCUT2D eigenvalue weighted by Crippen LogP contribution is -2.44. The van der Waals surface area contributed by atoms with Gasteiger partial charge in [-0.05, 0) is 103 Å². The molecular formula is C29H37N2O8P. The van der Waals surface area contributed by atoms with Gasteiger partial charge in [-0.15, -0.1) is 0 Å². The van der Waals surface area contributed by atoms with E-state index in [-0.39, 0.29) is 35.2 Å². The number of hydrogen-bond acceptors (Lipinski definition) is 6. The molecule has 5 rings (SSSR count). The standard InChI is InChI=1S/C29H37N2O8P/c1-29-13-11-21-20-7-5-19(39-40(34,35)36)15-17(20)3-6-22(21)24(29)8-10-26(29)38-14-12-27(32)31-18-4-9-25(37-2)23(16-18)28(30)33/h4-5,7,9,15-16,21-22,24,26H,3,6,8,10-14H2,1-2H3,(H2,30,33)(H,31,32)(H2,34,35,36). The maximum atomic E-state index is 12.6. The fourth-order valence-corrected chi connectivity index (χ4v) is 7.86. The van der Waals surface area contributed by atoms with E-state index in [1.165, 1.54) is 18.7 Å². The lowest BCUT2D eigenvalue weighted by Gasteiger charge is -2.50. The third-order valence-corrected chi connectivity index (χ3v) is 9.68. The first kappa shape index (κ1) is 28.6. The van der Waals surface area contributed by atoms with Gasteiger partial charge in [0, 0.05) is 5.69 Å². The van der Waals surface area contributed by atoms with Crippen LogP contribution < -0.4 is 20.3 Å². The van der Waals surface area contributed by atoms with Gasteiger partial charge in [0.05, 0.1) is 31.8 Å². The second-order valence-electron chi connectivity index (χ2n) is 11.4. The second kappa shape index (κ2) is 11.2. The van der Waals surface area contributed by atoms with Gasteiger partial charge in [0.15, 0.2) is 0 Å². The number of amides is 2. The van der Waals surface area contributed by atoms with E-state index >= 15 is 0 Å². The number of fused-ring (bicyclic) bond motifs is 5. The molecule has 2 amide bonds. The van der Waals surface area contributed by atoms with Crippen molar-refractivity contribution >= 4 is 25.3 Å². The van der Waals surface area contributed by atoms with E-state index in [9.17, 15) is 14.2 Å². The van der Waals surface area contributed by atoms with Crippen LogP contribution in [0, 0.1) is 17.3 Å². The molecule has 0 radical (unpaired) electrons. The molecule has 5 N–H and O–H groups in total. The maximum Gasteiger partial charge on any atom is 0.524 e. The summed E-state index contributed by atoms with van der Waals surface area (Å²) in [7, 11) is -3.13. The van der Waals surface area contributed by atoms with Crippen LogP contribution in [0.25, 0.3) is 0 Å². The molecule has 3 aliphatic carbocycles. The lowest BCUT2D eigenvalue weighted by atomic mass is 9.55. The highest BCUT2D eigenvalue weighted by atomic mass is 31.2. The fourth-order valence-electron chi connectivity index (χ4n) is 7.47. The molecule has 2 saturated carbocycles. The van der Waals surface area contributed by atoms with Crippen molar-refractivity contribution in [3.8, 4) is 11.5 Å². The Kier molecular flexibility index (Phi) is 7.99. The lowest BCUT2D eigenvalue weighted by molar-refractivity contribution is -0.119. The normalized spacial score (nSPS) is 27.2. The van der Waals surface area contributed by atoms with E-state index in [0.717, 1.165) is 44.1 Å². The number of methoxy groups -OCH3 is 1. The van der Waals surface area contributed by atoms with Gasteiger partial charge in [-0.3, -0.25) is 19.4 Å². The smallest absolute Gasteiger partial charge is 0.496 e. The first-order valence-electron chi connectivity index (χ1n) is 13.8. The van der Waals surface area contributed by atoms with E-state index in [1.807, 2.05) is 6.07 Å². The van der Waals surface area contributed by atoms with E-state index in [0.29, 0.717) is 35.8 Å². The maximum absolute atomic E-state index is 12.6. The number of rotatable bonds is 9. The van der Waals surface area contributed by atoms with E-state index in [1.54, 1.807) is 24.3 Å². The SMILES string of the molecule is COc1ccc(NC(=O)CCOC2CCC3C4CCc5cc(OP(=O)(O)O)ccc5C4CCC23C)cc1C(N)=O. The van der Waals surface area contributed by atoms with Crippen LogP contribution in [0.3, 0.4) is 0 Å². The number of nitrogens with one attached hydrogen (secondary N) is 1. The van der Waals surface area contributed by atoms with Crippen molar-refractivity contribution in [2.45, 2.75) is 63.9 Å². The van der Waals surface area contributed by atoms with Gasteiger partial charge in [-0.2, -0.15) is 0 Å². The average molecular weight is 573 g/mol. The van der Waals surface area contributed by atoms with Crippen molar-refractivity contribution < 1.29 is 37.9 Å². The molecule has 2 fully saturated rings. The van der Waals surface area contributed by atoms with Crippen LogP contribution in [0.1, 0.15) is 72.9 Å². The highest BCUT2D eigenvalue weighted by Gasteiger charge is 2.55. The zero-order valence-electron chi connectivity index (χ0n) is 22.8. The van der Waals surface area contributed by atoms with Gasteiger partial charge >= 0.3 is 7.82 Å². The molecule has 0 aliphatic heterocycles. The third-order valence-electron chi connectivity index (χ3n) is 9.23. The molecule has 40 heavy (non-hydrogen) atoms. The number of phosphoric acid groups is 1. The predicted octanol–water partition coefficient (Wildman–Crippen LogP) is 4.54. The van der Waals surface area contributed by atoms with Crippen molar-refractivity contribution in [3.63, 3.8) is 0 Å². The predicted molar refractivity (Wildman–Crippen MR) is 148 cm³/mol. The molecule has 2 aromatic carbocycles. The Bertz CT molecular complexity index is 1340. The van der Waals surface area contributed by atoms with Crippen molar-refractivity contribution in [1.29, 1.82) is 0 Å². The summed E-state index contributed by atoms with van der Waals surface area (Å²) < 4.78 is 27.6. The van der Waals surface area contributed by atoms with Crippen LogP contribution in [0.5, 0.6) is 11.5 Å². The zero-order chi connectivity index (χ0) is 28.7. The third kappa shape index (κ3) is 5.77. The molecule has 0 bridgehead atoms. The zero-order valence-corrected chi connectivity index (χ0v) is 23.7. The Hall–Kier alpha value is -2.91. The number of phosphoric ester groups is 1. The number of benzene rings is 2. The molecule has 216 valence electrons. The number of carbonyl (C=O) groups excluding carboxylic acids is 2. The largest absolute Gasteiger partial charge is 0.524 e. The molecule has 5 atom stereocenters. The van der Waals surface area contributed by atoms with Gasteiger partial charge in [-0.25, -0.2) is 4.57 Å². The summed E-state index contributed by atoms with van der Waals surface area (Å²) >= 11 is 0. The Balaban J connectivity index is 1.17. The summed E-state index contributed by atoms with van der Waals surface area (Å²) in [6.45, 7) is 2.65. The Morgan fingerprint density at radius 3 is 2.65 bits per heavy atom. The minimum Gasteiger partial charge on any atom is -0.496 e. The summed E-state index contributed by atoms with van der Waals surface area (Å²) in [6.07, 6.45) is 6.29. The highest BCUT2D eigenvalue weighted by Crippen LogP contribution is 2.61. The number of hydrogen-bond donors (Lipinski definition) is 4. The van der Waals surface area contributed by atoms with Gasteiger partial charge in [0.25, 0.3) is 5.91 Å². The molecule has 11 heteroatoms. The summed E-state index contributed by atoms with van der Waals surface area (Å²) in [5.41, 5.74) is 8.53. The van der Waals surface area contributed by atoms with Gasteiger partial charge in [-0.1, -0.05) is 13.0 Å². The van der Waals surface area contributed by atoms with Crippen LogP contribution in [0.2, 0.25) is 0 Å². The summed E-state index contributed by atoms with van der Waals surface area (Å²) in [6, 6.07) is 10.2. The van der Waals surface area contributed by atoms with Crippen molar-refractivity contribution in [3.05, 3.63) is 53.1 Å². The van der Waals surface area contributed by atoms with Gasteiger partial charge < -0.3 is 25.0 Å². The van der Waals surface area contributed by atoms with Crippen LogP contribution in [-0.2, 0) is 20.5 Å². The minimum atomic E-state index is -4.59. The number of nitrogens with two attached hydrogens (primary N) is 1. The van der Waals surface area contributed by atoms with Crippen molar-refractivity contribution in [2.24, 2.45) is 23.0 Å². The van der Waals surface area contributed by atoms with E-state index in [4.69, 9.17) is 29.5 Å². The summed E-state index contributed by atoms with van der Waals surface area (Å²) in [4.78, 5) is 42.6. The van der Waals surface area contributed by atoms with E-state index < -0.39 is 13.7 Å². The van der Waals surface area contributed by atoms with Gasteiger partial charge in [0.1, 0.15) is 11.5 Å². The molecule has 10 nitrogen and oxygen atoms in total. The molecule has 0 heterocycles. The van der Waals surface area contributed by atoms with Crippen LogP contribution in [0.15, 0.2) is 36.4 Å². The van der Waals surface area contributed by atoms with Crippen LogP contribution in [-0.4, -0.2) is 41.4 Å². The first-order chi connectivity index (χ1) is 19.0. The van der Waals surface area contributed by atoms with Crippen LogP contribution >= 0.6 is 7.82 Å². The van der Waals surface area contributed by atoms with Crippen molar-refractivity contribution in [2.75, 3.05) is 19.0 Å². The monoisotopic (exact) mass is 572 g/mol. The molecule has 3 aliphatic rings. The minimum absolute atomic E-state index is 0.0466. The molecule has 0 spiro atoms. The molecular weight excluding hydrogens is 535 g/mol. The van der Waals surface area contributed by atoms with E-state index in [2.05, 4.69) is 12.2 Å². The molecule has 0 aromatic heterocycles. The van der Waals surface area contributed by atoms with Crippen molar-refractivity contribution in [1.82, 2.24) is 0 Å². The Morgan fingerprint density at radius 1 is 1.12 bits per heavy atom. The highest BCUT2D eigenvalue weighted by molar-refractivity contribution is 7.46. The topological polar surface area (TPSA) is 157 Å². The molecule has 5 unspecified atom stereocenters. The Labute approximate surface area is 233 Å². The summed E-state index contributed by atoms with van der Waals surface area (Å²) in [5, 5.41) is 2.81. The summed E-state index contributed by atoms with van der Waals surface area (Å²) in [5.74, 6) is 1.22. The molecule has 0 saturated heterocycles. The Morgan fingerprint density at radius 2 is 1.93 bits per heavy atom. The van der Waals surface area contributed by atoms with Gasteiger partial charge in [0.2, 0.25) is 5.91 Å². The second-order valence-corrected chi connectivity index (χ2v) is 12.6. The fraction of sp³-hybridized carbons (Fsp3) is 0.517. The average Bonchev–Trinajstić information content (AvgIpc) is 3.23. The first-order valence-corrected chi connectivity index (χ1v) is 15.3. The number of ether oxygens (including phenoxy) is 2. The number of primary amides is 1. The number of carbonyl (C=O) groups is 2. The molecule has 2 aromatic rings. The van der Waals surface area contributed by atoms with Crippen LogP contribution in [0.4, 0.5) is 5.69 Å². The number of anilines is 1. The number of aryl methyl sites for hydroxylation is 1.